The molecule has 2 N–H and O–H groups in total. The van der Waals surface area contributed by atoms with Crippen molar-refractivity contribution in [2.45, 2.75) is 13.8 Å². The van der Waals surface area contributed by atoms with Crippen molar-refractivity contribution in [3.63, 3.8) is 0 Å². The van der Waals surface area contributed by atoms with Gasteiger partial charge in [-0.1, -0.05) is 24.3 Å². The van der Waals surface area contributed by atoms with E-state index in [9.17, 15) is 0 Å². The van der Waals surface area contributed by atoms with E-state index in [0.717, 1.165) is 37.6 Å². The molecule has 26 heavy (non-hydrogen) atoms. The van der Waals surface area contributed by atoms with E-state index in [1.54, 1.807) is 6.21 Å². The lowest BCUT2D eigenvalue weighted by molar-refractivity contribution is 0.122. The molecule has 0 spiro atoms. The average Bonchev–Trinajstić information content (AvgIpc) is 2.67. The Morgan fingerprint density at radius 3 is 2.58 bits per heavy atom. The average molecular weight is 369 g/mol. The Morgan fingerprint density at radius 1 is 1.12 bits per heavy atom. The molecule has 0 saturated carbocycles. The highest BCUT2D eigenvalue weighted by molar-refractivity contribution is 7.80. The molecule has 5 nitrogen and oxygen atoms in total. The van der Waals surface area contributed by atoms with Crippen molar-refractivity contribution in [2.24, 2.45) is 5.10 Å². The van der Waals surface area contributed by atoms with Crippen LogP contribution in [0.3, 0.4) is 0 Å². The predicted molar refractivity (Wildman–Crippen MR) is 112 cm³/mol. The van der Waals surface area contributed by atoms with Crippen LogP contribution in [0.1, 0.15) is 16.7 Å². The van der Waals surface area contributed by atoms with Crippen molar-refractivity contribution >= 4 is 34.9 Å². The number of benzene rings is 2. The molecule has 0 amide bonds. The van der Waals surface area contributed by atoms with Crippen molar-refractivity contribution in [3.8, 4) is 0 Å². The Morgan fingerprint density at radius 2 is 1.85 bits per heavy atom. The van der Waals surface area contributed by atoms with E-state index in [-0.39, 0.29) is 0 Å². The Hall–Kier alpha value is -2.44. The Kier molecular flexibility index (Phi) is 6.20. The predicted octanol–water partition coefficient (Wildman–Crippen LogP) is 3.46. The number of thiocarbonyl (C=S) groups is 1. The van der Waals surface area contributed by atoms with Crippen molar-refractivity contribution in [2.75, 3.05) is 36.5 Å². The van der Waals surface area contributed by atoms with Crippen molar-refractivity contribution < 1.29 is 4.74 Å². The second kappa shape index (κ2) is 8.78. The summed E-state index contributed by atoms with van der Waals surface area (Å²) >= 11 is 5.31. The van der Waals surface area contributed by atoms with Gasteiger partial charge in [0, 0.05) is 24.5 Å². The van der Waals surface area contributed by atoms with E-state index in [1.165, 1.54) is 16.8 Å². The van der Waals surface area contributed by atoms with E-state index < -0.39 is 0 Å². The van der Waals surface area contributed by atoms with E-state index in [4.69, 9.17) is 17.0 Å². The zero-order chi connectivity index (χ0) is 18.4. The summed E-state index contributed by atoms with van der Waals surface area (Å²) in [6.07, 6.45) is 1.76. The van der Waals surface area contributed by atoms with Gasteiger partial charge in [-0.2, -0.15) is 5.10 Å². The minimum absolute atomic E-state index is 0.472. The summed E-state index contributed by atoms with van der Waals surface area (Å²) in [5.41, 5.74) is 8.50. The minimum Gasteiger partial charge on any atom is -0.378 e. The molecule has 1 fully saturated rings. The van der Waals surface area contributed by atoms with Crippen LogP contribution in [0.5, 0.6) is 0 Å². The molecule has 1 saturated heterocycles. The number of hydrazone groups is 1. The van der Waals surface area contributed by atoms with Gasteiger partial charge in [0.05, 0.1) is 19.4 Å². The maximum atomic E-state index is 5.39. The van der Waals surface area contributed by atoms with Gasteiger partial charge in [-0.15, -0.1) is 0 Å². The summed E-state index contributed by atoms with van der Waals surface area (Å²) in [4.78, 5) is 2.33. The van der Waals surface area contributed by atoms with Crippen LogP contribution in [0.4, 0.5) is 11.4 Å². The van der Waals surface area contributed by atoms with Crippen LogP contribution in [0, 0.1) is 13.8 Å². The summed E-state index contributed by atoms with van der Waals surface area (Å²) in [7, 11) is 0. The summed E-state index contributed by atoms with van der Waals surface area (Å²) in [6.45, 7) is 7.60. The SMILES string of the molecule is Cc1cccc(NC(=S)N/N=C\c2ccc(N3CCOCC3)cc2)c1C. The number of rotatable bonds is 4. The summed E-state index contributed by atoms with van der Waals surface area (Å²) in [5, 5.41) is 7.87. The summed E-state index contributed by atoms with van der Waals surface area (Å²) < 4.78 is 5.39. The fourth-order valence-electron chi connectivity index (χ4n) is 2.79. The number of hydrogen-bond acceptors (Lipinski definition) is 4. The van der Waals surface area contributed by atoms with Gasteiger partial charge in [0.25, 0.3) is 0 Å². The van der Waals surface area contributed by atoms with Crippen LogP contribution >= 0.6 is 12.2 Å². The van der Waals surface area contributed by atoms with Crippen LogP contribution in [0.15, 0.2) is 47.6 Å². The number of ether oxygens (including phenoxy) is 1. The van der Waals surface area contributed by atoms with Crippen LogP contribution in [-0.2, 0) is 4.74 Å². The quantitative estimate of drug-likeness (QED) is 0.492. The van der Waals surface area contributed by atoms with Gasteiger partial charge in [-0.3, -0.25) is 5.43 Å². The van der Waals surface area contributed by atoms with Gasteiger partial charge in [0.1, 0.15) is 0 Å². The van der Waals surface area contributed by atoms with Crippen molar-refractivity contribution in [1.82, 2.24) is 5.43 Å². The maximum absolute atomic E-state index is 5.39. The van der Waals surface area contributed by atoms with Crippen LogP contribution in [0.25, 0.3) is 0 Å². The highest BCUT2D eigenvalue weighted by Crippen LogP contribution is 2.18. The molecule has 1 aliphatic rings. The molecular formula is C20H24N4OS. The van der Waals surface area contributed by atoms with Gasteiger partial charge >= 0.3 is 0 Å². The molecule has 0 aliphatic carbocycles. The lowest BCUT2D eigenvalue weighted by Gasteiger charge is -2.28. The first-order chi connectivity index (χ1) is 12.6. The van der Waals surface area contributed by atoms with Gasteiger partial charge < -0.3 is 15.0 Å². The fourth-order valence-corrected chi connectivity index (χ4v) is 2.96. The third-order valence-corrected chi connectivity index (χ3v) is 4.70. The van der Waals surface area contributed by atoms with Gasteiger partial charge in [0.15, 0.2) is 5.11 Å². The van der Waals surface area contributed by atoms with Gasteiger partial charge in [0.2, 0.25) is 0 Å². The third kappa shape index (κ3) is 4.80. The zero-order valence-electron chi connectivity index (χ0n) is 15.2. The molecule has 1 heterocycles. The van der Waals surface area contributed by atoms with Crippen molar-refractivity contribution in [1.29, 1.82) is 0 Å². The van der Waals surface area contributed by atoms with E-state index >= 15 is 0 Å². The third-order valence-electron chi connectivity index (χ3n) is 4.50. The molecule has 2 aromatic carbocycles. The molecule has 6 heteroatoms. The molecule has 0 radical (unpaired) electrons. The number of hydrogen-bond donors (Lipinski definition) is 2. The first kappa shape index (κ1) is 18.4. The highest BCUT2D eigenvalue weighted by atomic mass is 32.1. The maximum Gasteiger partial charge on any atom is 0.191 e. The molecule has 0 aromatic heterocycles. The lowest BCUT2D eigenvalue weighted by Crippen LogP contribution is -2.36. The van der Waals surface area contributed by atoms with Crippen LogP contribution < -0.4 is 15.6 Å². The lowest BCUT2D eigenvalue weighted by atomic mass is 10.1. The Bertz CT molecular complexity index is 783. The summed E-state index contributed by atoms with van der Waals surface area (Å²) in [6, 6.07) is 14.4. The monoisotopic (exact) mass is 368 g/mol. The second-order valence-corrected chi connectivity index (χ2v) is 6.67. The van der Waals surface area contributed by atoms with E-state index in [0.29, 0.717) is 5.11 Å². The van der Waals surface area contributed by atoms with Gasteiger partial charge in [-0.25, -0.2) is 0 Å². The van der Waals surface area contributed by atoms with E-state index in [1.807, 2.05) is 12.1 Å². The molecule has 0 bridgehead atoms. The minimum atomic E-state index is 0.472. The Labute approximate surface area is 160 Å². The number of nitrogens with one attached hydrogen (secondary N) is 2. The number of anilines is 2. The molecular weight excluding hydrogens is 344 g/mol. The zero-order valence-corrected chi connectivity index (χ0v) is 16.0. The fraction of sp³-hybridized carbons (Fsp3) is 0.300. The molecule has 0 unspecified atom stereocenters. The molecule has 1 aliphatic heterocycles. The van der Waals surface area contributed by atoms with Crippen LogP contribution in [-0.4, -0.2) is 37.6 Å². The second-order valence-electron chi connectivity index (χ2n) is 6.26. The largest absolute Gasteiger partial charge is 0.378 e. The smallest absolute Gasteiger partial charge is 0.191 e. The standard InChI is InChI=1S/C20H24N4OS/c1-15-4-3-5-19(16(15)2)22-20(26)23-21-14-17-6-8-18(9-7-17)24-10-12-25-13-11-24/h3-9,14H,10-13H2,1-2H3,(H2,22,23,26)/b21-14-. The van der Waals surface area contributed by atoms with Crippen molar-refractivity contribution in [3.05, 3.63) is 59.2 Å². The summed E-state index contributed by atoms with van der Waals surface area (Å²) in [5.74, 6) is 0. The highest BCUT2D eigenvalue weighted by Gasteiger charge is 2.10. The topological polar surface area (TPSA) is 48.9 Å². The first-order valence-electron chi connectivity index (χ1n) is 8.72. The molecule has 0 atom stereocenters. The van der Waals surface area contributed by atoms with Gasteiger partial charge in [-0.05, 0) is 61.0 Å². The number of morpholine rings is 1. The normalized spacial score (nSPS) is 14.5. The molecule has 136 valence electrons. The first-order valence-corrected chi connectivity index (χ1v) is 9.13. The van der Waals surface area contributed by atoms with Crippen LogP contribution in [0.2, 0.25) is 0 Å². The van der Waals surface area contributed by atoms with E-state index in [2.05, 4.69) is 64.9 Å². The number of aryl methyl sites for hydroxylation is 1. The molecule has 3 rings (SSSR count). The number of nitrogens with zero attached hydrogens (tertiary/aromatic N) is 2. The Balaban J connectivity index is 1.53. The molecule has 2 aromatic rings.